The Bertz CT molecular complexity index is 497. The third-order valence-corrected chi connectivity index (χ3v) is 2.83. The van der Waals surface area contributed by atoms with Crippen molar-refractivity contribution in [2.24, 2.45) is 0 Å². The van der Waals surface area contributed by atoms with Crippen LogP contribution in [0.4, 0.5) is 0 Å². The first-order valence-corrected chi connectivity index (χ1v) is 4.97. The summed E-state index contributed by atoms with van der Waals surface area (Å²) in [6, 6.07) is 14.1. The van der Waals surface area contributed by atoms with Crippen LogP contribution in [0.3, 0.4) is 0 Å². The van der Waals surface area contributed by atoms with Crippen molar-refractivity contribution in [2.45, 2.75) is 0 Å². The monoisotopic (exact) mass is 279 g/mol. The van der Waals surface area contributed by atoms with E-state index in [0.29, 0.717) is 0 Å². The van der Waals surface area contributed by atoms with Gasteiger partial charge in [-0.25, -0.2) is 0 Å². The third kappa shape index (κ3) is 1.52. The van der Waals surface area contributed by atoms with Gasteiger partial charge in [0, 0.05) is 3.57 Å². The molecule has 0 unspecified atom stereocenters. The van der Waals surface area contributed by atoms with Crippen LogP contribution in [0, 0.1) is 14.9 Å². The van der Waals surface area contributed by atoms with Crippen molar-refractivity contribution in [3.05, 3.63) is 45.5 Å². The van der Waals surface area contributed by atoms with E-state index in [2.05, 4.69) is 34.7 Å². The summed E-state index contributed by atoms with van der Waals surface area (Å²) in [6.07, 6.45) is 0. The number of rotatable bonds is 0. The summed E-state index contributed by atoms with van der Waals surface area (Å²) in [5.74, 6) is 0. The van der Waals surface area contributed by atoms with E-state index in [1.165, 1.54) is 5.39 Å². The number of nitriles is 1. The molecule has 0 N–H and O–H groups in total. The number of halogens is 1. The standard InChI is InChI=1S/C11H6IN/c12-11-6-8(7-13)5-9-3-1-2-4-10(9)11/h1-6H. The maximum absolute atomic E-state index is 8.77. The molecule has 62 valence electrons. The molecule has 0 aliphatic rings. The van der Waals surface area contributed by atoms with Gasteiger partial charge in [-0.05, 0) is 45.5 Å². The zero-order valence-electron chi connectivity index (χ0n) is 6.79. The van der Waals surface area contributed by atoms with Crippen molar-refractivity contribution in [2.75, 3.05) is 0 Å². The molecule has 0 atom stereocenters. The number of fused-ring (bicyclic) bond motifs is 1. The Labute approximate surface area is 90.1 Å². The average Bonchev–Trinajstić information content (AvgIpc) is 2.18. The molecule has 0 radical (unpaired) electrons. The van der Waals surface area contributed by atoms with Gasteiger partial charge in [0.05, 0.1) is 11.6 Å². The molecule has 1 nitrogen and oxygen atoms in total. The molecule has 0 aliphatic carbocycles. The van der Waals surface area contributed by atoms with Gasteiger partial charge in [-0.2, -0.15) is 5.26 Å². The van der Waals surface area contributed by atoms with Gasteiger partial charge in [0.15, 0.2) is 0 Å². The number of hydrogen-bond acceptors (Lipinski definition) is 1. The molecule has 0 amide bonds. The zero-order chi connectivity index (χ0) is 9.26. The second-order valence-electron chi connectivity index (χ2n) is 2.79. The molecule has 13 heavy (non-hydrogen) atoms. The molecule has 2 aromatic rings. The molecule has 0 aromatic heterocycles. The van der Waals surface area contributed by atoms with Crippen LogP contribution in [-0.2, 0) is 0 Å². The second kappa shape index (κ2) is 3.35. The Morgan fingerprint density at radius 2 is 1.92 bits per heavy atom. The Balaban J connectivity index is 2.86. The second-order valence-corrected chi connectivity index (χ2v) is 3.95. The highest BCUT2D eigenvalue weighted by atomic mass is 127. The normalized spacial score (nSPS) is 9.85. The van der Waals surface area contributed by atoms with Gasteiger partial charge >= 0.3 is 0 Å². The summed E-state index contributed by atoms with van der Waals surface area (Å²) in [5.41, 5.74) is 0.725. The van der Waals surface area contributed by atoms with E-state index >= 15 is 0 Å². The van der Waals surface area contributed by atoms with E-state index in [9.17, 15) is 0 Å². The topological polar surface area (TPSA) is 23.8 Å². The first kappa shape index (κ1) is 8.52. The predicted molar refractivity (Wildman–Crippen MR) is 61.4 cm³/mol. The van der Waals surface area contributed by atoms with Crippen LogP contribution >= 0.6 is 22.6 Å². The lowest BCUT2D eigenvalue weighted by Crippen LogP contribution is -1.80. The molecule has 2 heteroatoms. The Morgan fingerprint density at radius 1 is 1.15 bits per heavy atom. The third-order valence-electron chi connectivity index (χ3n) is 1.94. The molecule has 0 saturated heterocycles. The van der Waals surface area contributed by atoms with Crippen molar-refractivity contribution >= 4 is 33.4 Å². The van der Waals surface area contributed by atoms with E-state index in [1.54, 1.807) is 0 Å². The zero-order valence-corrected chi connectivity index (χ0v) is 8.95. The highest BCUT2D eigenvalue weighted by molar-refractivity contribution is 14.1. The van der Waals surface area contributed by atoms with E-state index in [0.717, 1.165) is 14.5 Å². The van der Waals surface area contributed by atoms with Crippen molar-refractivity contribution in [3.8, 4) is 6.07 Å². The van der Waals surface area contributed by atoms with Crippen molar-refractivity contribution in [3.63, 3.8) is 0 Å². The fourth-order valence-corrected chi connectivity index (χ4v) is 2.16. The lowest BCUT2D eigenvalue weighted by molar-refractivity contribution is 1.49. The minimum absolute atomic E-state index is 0.725. The number of hydrogen-bond donors (Lipinski definition) is 0. The van der Waals surface area contributed by atoms with Gasteiger partial charge in [0.25, 0.3) is 0 Å². The Hall–Kier alpha value is -1.08. The summed E-state index contributed by atoms with van der Waals surface area (Å²) in [4.78, 5) is 0. The highest BCUT2D eigenvalue weighted by Gasteiger charge is 1.99. The lowest BCUT2D eigenvalue weighted by atomic mass is 10.1. The molecule has 0 bridgehead atoms. The fraction of sp³-hybridized carbons (Fsp3) is 0. The van der Waals surface area contributed by atoms with Gasteiger partial charge < -0.3 is 0 Å². The highest BCUT2D eigenvalue weighted by Crippen LogP contribution is 2.21. The van der Waals surface area contributed by atoms with Crippen LogP contribution in [0.2, 0.25) is 0 Å². The Kier molecular flexibility index (Phi) is 2.19. The van der Waals surface area contributed by atoms with E-state index in [-0.39, 0.29) is 0 Å². The van der Waals surface area contributed by atoms with Crippen LogP contribution < -0.4 is 0 Å². The average molecular weight is 279 g/mol. The van der Waals surface area contributed by atoms with Crippen LogP contribution in [0.15, 0.2) is 36.4 Å². The molecule has 2 aromatic carbocycles. The summed E-state index contributed by atoms with van der Waals surface area (Å²) in [6.45, 7) is 0. The van der Waals surface area contributed by atoms with Gasteiger partial charge in [-0.1, -0.05) is 24.3 Å². The summed E-state index contributed by atoms with van der Waals surface area (Å²) >= 11 is 2.26. The van der Waals surface area contributed by atoms with E-state index in [4.69, 9.17) is 5.26 Å². The lowest BCUT2D eigenvalue weighted by Gasteiger charge is -2.00. The van der Waals surface area contributed by atoms with Gasteiger partial charge in [-0.15, -0.1) is 0 Å². The minimum atomic E-state index is 0.725. The maximum atomic E-state index is 8.77. The van der Waals surface area contributed by atoms with Crippen LogP contribution in [0.25, 0.3) is 10.8 Å². The number of nitrogens with zero attached hydrogens (tertiary/aromatic N) is 1. The maximum Gasteiger partial charge on any atom is 0.0992 e. The van der Waals surface area contributed by atoms with Gasteiger partial charge in [0.1, 0.15) is 0 Å². The molecule has 0 spiro atoms. The summed E-state index contributed by atoms with van der Waals surface area (Å²) in [7, 11) is 0. The quantitative estimate of drug-likeness (QED) is 0.679. The first-order valence-electron chi connectivity index (χ1n) is 3.89. The van der Waals surface area contributed by atoms with Crippen LogP contribution in [0.5, 0.6) is 0 Å². The van der Waals surface area contributed by atoms with Crippen molar-refractivity contribution < 1.29 is 0 Å². The largest absolute Gasteiger partial charge is 0.192 e. The molecule has 0 heterocycles. The SMILES string of the molecule is N#Cc1cc(I)c2ccccc2c1. The number of benzene rings is 2. The van der Waals surface area contributed by atoms with Crippen molar-refractivity contribution in [1.29, 1.82) is 5.26 Å². The summed E-state index contributed by atoms with van der Waals surface area (Å²) < 4.78 is 1.13. The smallest absolute Gasteiger partial charge is 0.0992 e. The first-order chi connectivity index (χ1) is 6.31. The summed E-state index contributed by atoms with van der Waals surface area (Å²) in [5, 5.41) is 11.1. The van der Waals surface area contributed by atoms with Gasteiger partial charge in [-0.3, -0.25) is 0 Å². The van der Waals surface area contributed by atoms with Crippen LogP contribution in [0.1, 0.15) is 5.56 Å². The van der Waals surface area contributed by atoms with Gasteiger partial charge in [0.2, 0.25) is 0 Å². The molecule has 0 aliphatic heterocycles. The van der Waals surface area contributed by atoms with E-state index in [1.807, 2.05) is 30.3 Å². The van der Waals surface area contributed by atoms with E-state index < -0.39 is 0 Å². The Morgan fingerprint density at radius 3 is 2.69 bits per heavy atom. The molecule has 0 saturated carbocycles. The molecular formula is C11H6IN. The fourth-order valence-electron chi connectivity index (χ4n) is 1.33. The molecular weight excluding hydrogens is 273 g/mol. The predicted octanol–water partition coefficient (Wildman–Crippen LogP) is 3.32. The molecule has 0 fully saturated rings. The van der Waals surface area contributed by atoms with Crippen molar-refractivity contribution in [1.82, 2.24) is 0 Å². The minimum Gasteiger partial charge on any atom is -0.192 e. The van der Waals surface area contributed by atoms with Crippen LogP contribution in [-0.4, -0.2) is 0 Å². The molecule has 2 rings (SSSR count).